The van der Waals surface area contributed by atoms with Crippen molar-refractivity contribution in [1.29, 1.82) is 0 Å². The van der Waals surface area contributed by atoms with E-state index in [1.807, 2.05) is 6.07 Å². The highest BCUT2D eigenvalue weighted by Gasteiger charge is 2.41. The summed E-state index contributed by atoms with van der Waals surface area (Å²) >= 11 is 0. The molecule has 0 aromatic heterocycles. The Hall–Kier alpha value is -0.863. The van der Waals surface area contributed by atoms with E-state index in [0.29, 0.717) is 0 Å². The first-order valence-electron chi connectivity index (χ1n) is 8.28. The van der Waals surface area contributed by atoms with Crippen molar-refractivity contribution in [2.24, 2.45) is 5.92 Å². The Morgan fingerprint density at radius 3 is 2.24 bits per heavy atom. The molecule has 2 rings (SSSR count). The maximum Gasteiger partial charge on any atom is 0.0713 e. The van der Waals surface area contributed by atoms with Crippen LogP contribution in [0.1, 0.15) is 37.7 Å². The average molecular weight is 303 g/mol. The summed E-state index contributed by atoms with van der Waals surface area (Å²) in [5.41, 5.74) is 1.80. The Morgan fingerprint density at radius 1 is 1.14 bits per heavy atom. The second-order valence-electron chi connectivity index (χ2n) is 7.87. The van der Waals surface area contributed by atoms with Crippen molar-refractivity contribution in [2.45, 2.75) is 63.4 Å². The normalized spacial score (nSPS) is 20.0. The van der Waals surface area contributed by atoms with E-state index in [4.69, 9.17) is 0 Å². The van der Waals surface area contributed by atoms with Gasteiger partial charge in [0.15, 0.2) is 0 Å². The zero-order valence-corrected chi connectivity index (χ0v) is 14.9. The van der Waals surface area contributed by atoms with Crippen molar-refractivity contribution in [1.82, 2.24) is 0 Å². The molecule has 1 fully saturated rings. The molecule has 1 N–H and O–H groups in total. The highest BCUT2D eigenvalue weighted by Crippen LogP contribution is 2.44. The van der Waals surface area contributed by atoms with Crippen LogP contribution in [0.3, 0.4) is 0 Å². The van der Waals surface area contributed by atoms with E-state index in [0.717, 1.165) is 37.3 Å². The van der Waals surface area contributed by atoms with Crippen molar-refractivity contribution in [3.8, 4) is 0 Å². The van der Waals surface area contributed by atoms with Gasteiger partial charge in [0.1, 0.15) is 0 Å². The molecular formula is C19H30OSi. The zero-order chi connectivity index (χ0) is 15.5. The van der Waals surface area contributed by atoms with Crippen molar-refractivity contribution in [2.75, 3.05) is 0 Å². The predicted octanol–water partition coefficient (Wildman–Crippen LogP) is 5.35. The second-order valence-corrected chi connectivity index (χ2v) is 13.4. The Balaban J connectivity index is 2.29. The van der Waals surface area contributed by atoms with Crippen LogP contribution in [0.15, 0.2) is 36.9 Å². The molecule has 1 aliphatic carbocycles. The third-order valence-corrected chi connectivity index (χ3v) is 6.38. The molecule has 1 unspecified atom stereocenters. The lowest BCUT2D eigenvalue weighted by molar-refractivity contribution is -0.0243. The lowest BCUT2D eigenvalue weighted by atomic mass is 9.72. The first-order valence-corrected chi connectivity index (χ1v) is 12.0. The van der Waals surface area contributed by atoms with Crippen LogP contribution in [0, 0.1) is 5.92 Å². The van der Waals surface area contributed by atoms with Gasteiger partial charge in [-0.3, -0.25) is 0 Å². The molecule has 1 aromatic carbocycles. The topological polar surface area (TPSA) is 20.2 Å². The van der Waals surface area contributed by atoms with E-state index in [1.165, 1.54) is 12.0 Å². The summed E-state index contributed by atoms with van der Waals surface area (Å²) in [6.45, 7) is 11.6. The second kappa shape index (κ2) is 6.49. The minimum absolute atomic E-state index is 0.215. The molecule has 1 atom stereocenters. The van der Waals surface area contributed by atoms with Gasteiger partial charge >= 0.3 is 0 Å². The van der Waals surface area contributed by atoms with Gasteiger partial charge in [0.2, 0.25) is 0 Å². The summed E-state index contributed by atoms with van der Waals surface area (Å²) in [6, 6.07) is 11.6. The molecule has 0 heterocycles. The molecule has 1 saturated carbocycles. The van der Waals surface area contributed by atoms with Crippen LogP contribution in [-0.2, 0) is 0 Å². The van der Waals surface area contributed by atoms with Gasteiger partial charge in [-0.25, -0.2) is 0 Å². The molecular weight excluding hydrogens is 272 g/mol. The van der Waals surface area contributed by atoms with Gasteiger partial charge in [-0.2, -0.15) is 0 Å². The maximum atomic E-state index is 11.3. The molecule has 2 heteroatoms. The summed E-state index contributed by atoms with van der Waals surface area (Å²) < 4.78 is 0. The lowest BCUT2D eigenvalue weighted by Gasteiger charge is -2.42. The summed E-state index contributed by atoms with van der Waals surface area (Å²) in [7, 11) is -1.27. The van der Waals surface area contributed by atoms with Crippen LogP contribution < -0.4 is 0 Å². The van der Waals surface area contributed by atoms with E-state index in [-0.39, 0.29) is 5.92 Å². The van der Waals surface area contributed by atoms with Gasteiger partial charge in [0, 0.05) is 14.0 Å². The van der Waals surface area contributed by atoms with Gasteiger partial charge in [0.05, 0.1) is 5.60 Å². The number of hydrogen-bond donors (Lipinski definition) is 1. The van der Waals surface area contributed by atoms with Crippen LogP contribution in [0.4, 0.5) is 0 Å². The van der Waals surface area contributed by atoms with Crippen molar-refractivity contribution >= 4 is 13.6 Å². The molecule has 1 aromatic rings. The first-order chi connectivity index (χ1) is 9.82. The summed E-state index contributed by atoms with van der Waals surface area (Å²) in [5, 5.41) is 11.3. The predicted molar refractivity (Wildman–Crippen MR) is 95.2 cm³/mol. The molecule has 21 heavy (non-hydrogen) atoms. The largest absolute Gasteiger partial charge is 0.389 e. The van der Waals surface area contributed by atoms with E-state index in [2.05, 4.69) is 50.5 Å². The Kier molecular flexibility index (Phi) is 5.10. The summed E-state index contributed by atoms with van der Waals surface area (Å²) in [4.78, 5) is 0. The van der Waals surface area contributed by atoms with E-state index in [1.54, 1.807) is 0 Å². The minimum atomic E-state index is -1.27. The van der Waals surface area contributed by atoms with E-state index in [9.17, 15) is 5.11 Å². The zero-order valence-electron chi connectivity index (χ0n) is 13.9. The molecule has 1 nitrogen and oxygen atoms in total. The highest BCUT2D eigenvalue weighted by molar-refractivity contribution is 6.76. The fourth-order valence-electron chi connectivity index (χ4n) is 3.62. The molecule has 0 saturated heterocycles. The number of hydrogen-bond acceptors (Lipinski definition) is 1. The van der Waals surface area contributed by atoms with Crippen molar-refractivity contribution < 1.29 is 5.11 Å². The van der Waals surface area contributed by atoms with Crippen LogP contribution >= 0.6 is 0 Å². The molecule has 1 aliphatic rings. The third-order valence-electron chi connectivity index (χ3n) is 4.75. The fraction of sp³-hybridized carbons (Fsp3) is 0.579. The SMILES string of the molecule is C=C(c1ccccc1)C(C[Si](C)(C)C)C1(O)CCCCC1. The molecule has 0 radical (unpaired) electrons. The molecule has 0 spiro atoms. The highest BCUT2D eigenvalue weighted by atomic mass is 28.3. The Morgan fingerprint density at radius 2 is 1.71 bits per heavy atom. The maximum absolute atomic E-state index is 11.3. The van der Waals surface area contributed by atoms with Gasteiger partial charge < -0.3 is 5.11 Å². The van der Waals surface area contributed by atoms with Crippen LogP contribution in [0.5, 0.6) is 0 Å². The molecule has 116 valence electrons. The van der Waals surface area contributed by atoms with Gasteiger partial charge in [-0.05, 0) is 30.0 Å². The molecule has 0 bridgehead atoms. The van der Waals surface area contributed by atoms with Crippen LogP contribution in [0.25, 0.3) is 5.57 Å². The number of aliphatic hydroxyl groups is 1. The van der Waals surface area contributed by atoms with E-state index >= 15 is 0 Å². The minimum Gasteiger partial charge on any atom is -0.389 e. The summed E-state index contributed by atoms with van der Waals surface area (Å²) in [6.07, 6.45) is 5.45. The van der Waals surface area contributed by atoms with Crippen LogP contribution in [0.2, 0.25) is 25.7 Å². The average Bonchev–Trinajstić information content (AvgIpc) is 2.45. The first kappa shape index (κ1) is 16.5. The molecule has 0 aliphatic heterocycles. The Bertz CT molecular complexity index is 466. The van der Waals surface area contributed by atoms with Gasteiger partial charge in [-0.15, -0.1) is 0 Å². The van der Waals surface area contributed by atoms with Gasteiger partial charge in [-0.1, -0.05) is 75.8 Å². The van der Waals surface area contributed by atoms with Crippen molar-refractivity contribution in [3.63, 3.8) is 0 Å². The number of benzene rings is 1. The summed E-state index contributed by atoms with van der Waals surface area (Å²) in [5.74, 6) is 0.215. The van der Waals surface area contributed by atoms with Crippen molar-refractivity contribution in [3.05, 3.63) is 42.5 Å². The Labute approximate surface area is 131 Å². The van der Waals surface area contributed by atoms with Gasteiger partial charge in [0.25, 0.3) is 0 Å². The third kappa shape index (κ3) is 4.30. The number of rotatable bonds is 5. The fourth-order valence-corrected chi connectivity index (χ4v) is 5.47. The standard InChI is InChI=1S/C19H30OSi/c1-16(17-11-7-5-8-12-17)18(15-21(2,3)4)19(20)13-9-6-10-14-19/h5,7-8,11-12,18,20H,1,6,9-10,13-15H2,2-4H3. The smallest absolute Gasteiger partial charge is 0.0713 e. The van der Waals surface area contributed by atoms with E-state index < -0.39 is 13.7 Å². The van der Waals surface area contributed by atoms with Crippen LogP contribution in [-0.4, -0.2) is 18.8 Å². The molecule has 0 amide bonds. The lowest BCUT2D eigenvalue weighted by Crippen LogP contribution is -2.43. The monoisotopic (exact) mass is 302 g/mol. The quantitative estimate of drug-likeness (QED) is 0.727.